The van der Waals surface area contributed by atoms with Crippen LogP contribution < -0.4 is 4.90 Å². The Morgan fingerprint density at radius 1 is 0.298 bits per heavy atom. The van der Waals surface area contributed by atoms with Gasteiger partial charge in [0.05, 0.1) is 11.0 Å². The van der Waals surface area contributed by atoms with Gasteiger partial charge in [-0.2, -0.15) is 0 Å². The van der Waals surface area contributed by atoms with Gasteiger partial charge in [-0.05, 0) is 106 Å². The number of rotatable bonds is 7. The van der Waals surface area contributed by atoms with Crippen LogP contribution in [0.25, 0.3) is 82.8 Å². The van der Waals surface area contributed by atoms with E-state index in [4.69, 9.17) is 4.42 Å². The molecule has 3 nitrogen and oxygen atoms in total. The molecule has 0 N–H and O–H groups in total. The van der Waals surface area contributed by atoms with Gasteiger partial charge >= 0.3 is 0 Å². The average molecular weight is 729 g/mol. The van der Waals surface area contributed by atoms with Crippen molar-refractivity contribution in [2.24, 2.45) is 0 Å². The van der Waals surface area contributed by atoms with Crippen LogP contribution in [-0.4, -0.2) is 4.57 Å². The van der Waals surface area contributed by atoms with Gasteiger partial charge in [0, 0.05) is 50.4 Å². The van der Waals surface area contributed by atoms with Crippen molar-refractivity contribution in [3.05, 3.63) is 218 Å². The molecule has 0 saturated carbocycles. The Hall–Kier alpha value is -7.62. The molecule has 0 aliphatic heterocycles. The number of benzene rings is 9. The lowest BCUT2D eigenvalue weighted by Crippen LogP contribution is -2.10. The number of nitrogens with zero attached hydrogens (tertiary/aromatic N) is 2. The van der Waals surface area contributed by atoms with E-state index in [1.54, 1.807) is 0 Å². The van der Waals surface area contributed by atoms with Crippen molar-refractivity contribution in [1.29, 1.82) is 0 Å². The summed E-state index contributed by atoms with van der Waals surface area (Å²) in [6.45, 7) is 0. The highest BCUT2D eigenvalue weighted by Gasteiger charge is 2.18. The predicted molar refractivity (Wildman–Crippen MR) is 239 cm³/mol. The first-order valence-corrected chi connectivity index (χ1v) is 19.4. The van der Waals surface area contributed by atoms with Gasteiger partial charge in [-0.1, -0.05) is 140 Å². The number of hydrogen-bond donors (Lipinski definition) is 0. The zero-order valence-corrected chi connectivity index (χ0v) is 31.1. The Balaban J connectivity index is 1.01. The molecule has 0 aliphatic carbocycles. The lowest BCUT2D eigenvalue weighted by atomic mass is 9.97. The van der Waals surface area contributed by atoms with E-state index >= 15 is 0 Å². The van der Waals surface area contributed by atoms with Gasteiger partial charge in [0.2, 0.25) is 0 Å². The van der Waals surface area contributed by atoms with Gasteiger partial charge in [-0.15, -0.1) is 0 Å². The van der Waals surface area contributed by atoms with Gasteiger partial charge in [-0.25, -0.2) is 0 Å². The van der Waals surface area contributed by atoms with Crippen molar-refractivity contribution in [3.8, 4) is 39.1 Å². The molecular weight excluding hydrogens is 693 g/mol. The predicted octanol–water partition coefficient (Wildman–Crippen LogP) is 15.2. The maximum atomic E-state index is 6.39. The molecule has 11 aromatic rings. The topological polar surface area (TPSA) is 21.3 Å². The summed E-state index contributed by atoms with van der Waals surface area (Å²) >= 11 is 0. The van der Waals surface area contributed by atoms with Crippen LogP contribution in [0.1, 0.15) is 0 Å². The van der Waals surface area contributed by atoms with Crippen molar-refractivity contribution >= 4 is 60.8 Å². The van der Waals surface area contributed by atoms with Crippen LogP contribution in [0.4, 0.5) is 17.1 Å². The highest BCUT2D eigenvalue weighted by molar-refractivity contribution is 6.10. The average Bonchev–Trinajstić information content (AvgIpc) is 3.82. The summed E-state index contributed by atoms with van der Waals surface area (Å²) in [4.78, 5) is 2.32. The third-order valence-corrected chi connectivity index (χ3v) is 11.2. The molecule has 11 rings (SSSR count). The van der Waals surface area contributed by atoms with E-state index in [-0.39, 0.29) is 0 Å². The lowest BCUT2D eigenvalue weighted by molar-refractivity contribution is 0.669. The van der Waals surface area contributed by atoms with Crippen molar-refractivity contribution in [3.63, 3.8) is 0 Å². The maximum absolute atomic E-state index is 6.39. The zero-order chi connectivity index (χ0) is 37.7. The molecular formula is C54H36N2O. The van der Waals surface area contributed by atoms with E-state index in [9.17, 15) is 0 Å². The number of hydrogen-bond acceptors (Lipinski definition) is 2. The molecule has 57 heavy (non-hydrogen) atoms. The van der Waals surface area contributed by atoms with Gasteiger partial charge < -0.3 is 13.9 Å². The molecule has 0 unspecified atom stereocenters. The second-order valence-corrected chi connectivity index (χ2v) is 14.6. The normalized spacial score (nSPS) is 11.5. The summed E-state index contributed by atoms with van der Waals surface area (Å²) in [5.41, 5.74) is 15.5. The minimum atomic E-state index is 0.867. The third-order valence-electron chi connectivity index (χ3n) is 11.2. The van der Waals surface area contributed by atoms with Crippen LogP contribution in [0.3, 0.4) is 0 Å². The van der Waals surface area contributed by atoms with Crippen molar-refractivity contribution in [2.75, 3.05) is 4.90 Å². The molecule has 3 heteroatoms. The Morgan fingerprint density at radius 2 is 0.825 bits per heavy atom. The number of fused-ring (bicyclic) bond motifs is 6. The largest absolute Gasteiger partial charge is 0.456 e. The Morgan fingerprint density at radius 3 is 1.63 bits per heavy atom. The first-order valence-electron chi connectivity index (χ1n) is 19.4. The molecule has 0 atom stereocenters. The fourth-order valence-corrected chi connectivity index (χ4v) is 8.44. The van der Waals surface area contributed by atoms with Crippen LogP contribution in [0, 0.1) is 0 Å². The fourth-order valence-electron chi connectivity index (χ4n) is 8.44. The molecule has 9 aromatic carbocycles. The zero-order valence-electron chi connectivity index (χ0n) is 31.1. The van der Waals surface area contributed by atoms with Crippen LogP contribution in [0.5, 0.6) is 0 Å². The standard InChI is InChI=1S/C54H36N2O/c1-3-13-37(14-4-1)38-25-28-44(29-26-38)55(46-30-32-50-49-22-8-10-24-53(49)57-54(50)36-46)45-20-12-17-41(34-45)39-15-11-16-40(33-39)42-27-31-48-47-21-7-9-23-51(47)56(52(48)35-42)43-18-5-2-6-19-43/h1-36H. The van der Waals surface area contributed by atoms with Crippen molar-refractivity contribution in [2.45, 2.75) is 0 Å². The molecule has 0 spiro atoms. The summed E-state index contributed by atoms with van der Waals surface area (Å²) in [6, 6.07) is 78.1. The minimum Gasteiger partial charge on any atom is -0.456 e. The molecule has 0 amide bonds. The number of furan rings is 1. The molecule has 0 saturated heterocycles. The van der Waals surface area contributed by atoms with Crippen LogP contribution in [-0.2, 0) is 0 Å². The smallest absolute Gasteiger partial charge is 0.137 e. The highest BCUT2D eigenvalue weighted by Crippen LogP contribution is 2.41. The lowest BCUT2D eigenvalue weighted by Gasteiger charge is -2.26. The Labute approximate surface area is 330 Å². The molecule has 2 aromatic heterocycles. The first kappa shape index (κ1) is 32.8. The Kier molecular flexibility index (Phi) is 7.82. The van der Waals surface area contributed by atoms with E-state index in [1.165, 1.54) is 44.1 Å². The van der Waals surface area contributed by atoms with Crippen LogP contribution >= 0.6 is 0 Å². The van der Waals surface area contributed by atoms with E-state index < -0.39 is 0 Å². The minimum absolute atomic E-state index is 0.867. The molecule has 0 aliphatic rings. The summed E-state index contributed by atoms with van der Waals surface area (Å²) in [6.07, 6.45) is 0. The van der Waals surface area contributed by atoms with Crippen molar-refractivity contribution in [1.82, 2.24) is 4.57 Å². The number of aromatic nitrogens is 1. The SMILES string of the molecule is c1ccc(-c2ccc(N(c3cccc(-c4cccc(-c5ccc6c7ccccc7n(-c7ccccc7)c6c5)c4)c3)c3ccc4c(c3)oc3ccccc34)cc2)cc1. The molecule has 0 radical (unpaired) electrons. The molecule has 0 fully saturated rings. The van der Waals surface area contributed by atoms with E-state index in [0.29, 0.717) is 0 Å². The van der Waals surface area contributed by atoms with Gasteiger partial charge in [0.1, 0.15) is 11.2 Å². The second kappa shape index (κ2) is 13.6. The summed E-state index contributed by atoms with van der Waals surface area (Å²) in [5.74, 6) is 0. The van der Waals surface area contributed by atoms with Gasteiger partial charge in [0.15, 0.2) is 0 Å². The van der Waals surface area contributed by atoms with Gasteiger partial charge in [0.25, 0.3) is 0 Å². The third kappa shape index (κ3) is 5.76. The van der Waals surface area contributed by atoms with Crippen molar-refractivity contribution < 1.29 is 4.42 Å². The van der Waals surface area contributed by atoms with Crippen LogP contribution in [0.15, 0.2) is 223 Å². The second-order valence-electron chi connectivity index (χ2n) is 14.6. The quantitative estimate of drug-likeness (QED) is 0.163. The molecule has 268 valence electrons. The molecule has 0 bridgehead atoms. The monoisotopic (exact) mass is 728 g/mol. The molecule has 2 heterocycles. The number of anilines is 3. The van der Waals surface area contributed by atoms with Crippen LogP contribution in [0.2, 0.25) is 0 Å². The van der Waals surface area contributed by atoms with E-state index in [2.05, 4.69) is 216 Å². The fraction of sp³-hybridized carbons (Fsp3) is 0. The summed E-state index contributed by atoms with van der Waals surface area (Å²) in [7, 11) is 0. The Bertz CT molecular complexity index is 3230. The maximum Gasteiger partial charge on any atom is 0.137 e. The highest BCUT2D eigenvalue weighted by atomic mass is 16.3. The van der Waals surface area contributed by atoms with E-state index in [0.717, 1.165) is 55.8 Å². The van der Waals surface area contributed by atoms with E-state index in [1.807, 2.05) is 12.1 Å². The summed E-state index contributed by atoms with van der Waals surface area (Å²) in [5, 5.41) is 4.74. The summed E-state index contributed by atoms with van der Waals surface area (Å²) < 4.78 is 8.77. The number of para-hydroxylation sites is 3. The first-order chi connectivity index (χ1) is 28.2. The van der Waals surface area contributed by atoms with Gasteiger partial charge in [-0.3, -0.25) is 0 Å².